The van der Waals surface area contributed by atoms with Gasteiger partial charge in [0.1, 0.15) is 5.75 Å². The average Bonchev–Trinajstić information content (AvgIpc) is 2.90. The average molecular weight is 261 g/mol. The molecule has 104 valence electrons. The molecule has 4 unspecified atom stereocenters. The molecule has 3 rings (SSSR count). The highest BCUT2D eigenvalue weighted by Crippen LogP contribution is 2.36. The number of methoxy groups -OCH3 is 1. The zero-order valence-electron chi connectivity index (χ0n) is 11.8. The molecule has 1 saturated carbocycles. The summed E-state index contributed by atoms with van der Waals surface area (Å²) in [7, 11) is 1.82. The molecule has 3 heteroatoms. The highest BCUT2D eigenvalue weighted by atomic mass is 16.5. The molecule has 4 atom stereocenters. The number of hydrogen-bond donors (Lipinski definition) is 1. The lowest BCUT2D eigenvalue weighted by molar-refractivity contribution is 0.105. The minimum Gasteiger partial charge on any atom is -0.493 e. The Labute approximate surface area is 115 Å². The van der Waals surface area contributed by atoms with E-state index in [4.69, 9.17) is 9.47 Å². The lowest BCUT2D eigenvalue weighted by atomic mass is 9.91. The van der Waals surface area contributed by atoms with Crippen LogP contribution in [0.15, 0.2) is 24.3 Å². The van der Waals surface area contributed by atoms with Gasteiger partial charge < -0.3 is 14.8 Å². The minimum atomic E-state index is 0.408. The van der Waals surface area contributed by atoms with Crippen LogP contribution in [0.5, 0.6) is 5.75 Å². The summed E-state index contributed by atoms with van der Waals surface area (Å²) in [6, 6.07) is 9.38. The van der Waals surface area contributed by atoms with Crippen molar-refractivity contribution in [3.8, 4) is 5.75 Å². The van der Waals surface area contributed by atoms with E-state index in [-0.39, 0.29) is 0 Å². The van der Waals surface area contributed by atoms with Gasteiger partial charge in [-0.3, -0.25) is 0 Å². The largest absolute Gasteiger partial charge is 0.493 e. The number of hydrogen-bond acceptors (Lipinski definition) is 3. The van der Waals surface area contributed by atoms with E-state index in [1.165, 1.54) is 18.4 Å². The zero-order valence-corrected chi connectivity index (χ0v) is 11.8. The van der Waals surface area contributed by atoms with Crippen LogP contribution in [-0.4, -0.2) is 25.9 Å². The predicted molar refractivity (Wildman–Crippen MR) is 75.4 cm³/mol. The molecule has 1 fully saturated rings. The summed E-state index contributed by atoms with van der Waals surface area (Å²) in [5, 5.41) is 3.83. The van der Waals surface area contributed by atoms with Gasteiger partial charge in [0.2, 0.25) is 0 Å². The van der Waals surface area contributed by atoms with Gasteiger partial charge in [-0.1, -0.05) is 25.1 Å². The summed E-state index contributed by atoms with van der Waals surface area (Å²) >= 11 is 0. The first-order valence-corrected chi connectivity index (χ1v) is 7.28. The van der Waals surface area contributed by atoms with Gasteiger partial charge in [-0.25, -0.2) is 0 Å². The van der Waals surface area contributed by atoms with Crippen molar-refractivity contribution < 1.29 is 9.47 Å². The zero-order chi connectivity index (χ0) is 13.2. The fourth-order valence-corrected chi connectivity index (χ4v) is 3.31. The van der Waals surface area contributed by atoms with E-state index >= 15 is 0 Å². The second-order valence-electron chi connectivity index (χ2n) is 5.84. The van der Waals surface area contributed by atoms with Crippen molar-refractivity contribution in [2.24, 2.45) is 5.92 Å². The third-order valence-electron chi connectivity index (χ3n) is 4.46. The number of ether oxygens (including phenoxy) is 2. The Hall–Kier alpha value is -1.06. The summed E-state index contributed by atoms with van der Waals surface area (Å²) in [6.45, 7) is 3.06. The standard InChI is InChI=1S/C16H23NO2/c1-11-10-19-15-6-4-3-5-14(15)16(11)17-12-7-8-13(9-12)18-2/h3-6,11-13,16-17H,7-10H2,1-2H3. The van der Waals surface area contributed by atoms with Crippen LogP contribution >= 0.6 is 0 Å². The molecule has 0 amide bonds. The van der Waals surface area contributed by atoms with Gasteiger partial charge in [-0.2, -0.15) is 0 Å². The van der Waals surface area contributed by atoms with Gasteiger partial charge in [-0.15, -0.1) is 0 Å². The van der Waals surface area contributed by atoms with Gasteiger partial charge in [0, 0.05) is 30.7 Å². The first-order valence-electron chi connectivity index (χ1n) is 7.28. The van der Waals surface area contributed by atoms with Crippen molar-refractivity contribution in [2.75, 3.05) is 13.7 Å². The summed E-state index contributed by atoms with van der Waals surface area (Å²) in [4.78, 5) is 0. The van der Waals surface area contributed by atoms with Crippen LogP contribution in [0.4, 0.5) is 0 Å². The van der Waals surface area contributed by atoms with E-state index in [2.05, 4.69) is 30.4 Å². The Balaban J connectivity index is 1.73. The van der Waals surface area contributed by atoms with Crippen LogP contribution in [-0.2, 0) is 4.74 Å². The molecule has 1 heterocycles. The topological polar surface area (TPSA) is 30.5 Å². The van der Waals surface area contributed by atoms with Crippen LogP contribution in [0.1, 0.15) is 37.8 Å². The fraction of sp³-hybridized carbons (Fsp3) is 0.625. The number of para-hydroxylation sites is 1. The number of fused-ring (bicyclic) bond motifs is 1. The SMILES string of the molecule is COC1CCC(NC2c3ccccc3OCC2C)C1. The number of nitrogens with one attached hydrogen (secondary N) is 1. The summed E-state index contributed by atoms with van der Waals surface area (Å²) in [5.41, 5.74) is 1.31. The van der Waals surface area contributed by atoms with Crippen molar-refractivity contribution >= 4 is 0 Å². The summed E-state index contributed by atoms with van der Waals surface area (Å²) in [6.07, 6.45) is 3.95. The highest BCUT2D eigenvalue weighted by molar-refractivity contribution is 5.38. The first-order chi connectivity index (χ1) is 9.28. The molecule has 1 aliphatic heterocycles. The molecule has 19 heavy (non-hydrogen) atoms. The van der Waals surface area contributed by atoms with Crippen LogP contribution in [0.2, 0.25) is 0 Å². The third-order valence-corrected chi connectivity index (χ3v) is 4.46. The van der Waals surface area contributed by atoms with Crippen LogP contribution in [0.25, 0.3) is 0 Å². The maximum absolute atomic E-state index is 5.81. The van der Waals surface area contributed by atoms with Gasteiger partial charge in [0.25, 0.3) is 0 Å². The molecule has 0 bridgehead atoms. The van der Waals surface area contributed by atoms with E-state index in [0.717, 1.165) is 18.8 Å². The molecule has 1 aliphatic carbocycles. The first kappa shape index (κ1) is 12.9. The minimum absolute atomic E-state index is 0.408. The second kappa shape index (κ2) is 5.51. The second-order valence-corrected chi connectivity index (χ2v) is 5.84. The molecule has 0 saturated heterocycles. The van der Waals surface area contributed by atoms with E-state index in [1.807, 2.05) is 13.2 Å². The van der Waals surface area contributed by atoms with Gasteiger partial charge in [-0.05, 0) is 25.3 Å². The van der Waals surface area contributed by atoms with E-state index in [0.29, 0.717) is 24.1 Å². The number of benzene rings is 1. The summed E-state index contributed by atoms with van der Waals surface area (Å²) in [5.74, 6) is 1.55. The van der Waals surface area contributed by atoms with E-state index < -0.39 is 0 Å². The monoisotopic (exact) mass is 261 g/mol. The van der Waals surface area contributed by atoms with Crippen LogP contribution in [0, 0.1) is 5.92 Å². The smallest absolute Gasteiger partial charge is 0.124 e. The summed E-state index contributed by atoms with van der Waals surface area (Å²) < 4.78 is 11.3. The molecule has 1 N–H and O–H groups in total. The molecule has 0 radical (unpaired) electrons. The van der Waals surface area contributed by atoms with E-state index in [1.54, 1.807) is 0 Å². The molecule has 0 spiro atoms. The Morgan fingerprint density at radius 2 is 2.11 bits per heavy atom. The fourth-order valence-electron chi connectivity index (χ4n) is 3.31. The molecule has 2 aliphatic rings. The maximum atomic E-state index is 5.81. The van der Waals surface area contributed by atoms with Crippen LogP contribution < -0.4 is 10.1 Å². The van der Waals surface area contributed by atoms with Crippen molar-refractivity contribution in [2.45, 2.75) is 44.4 Å². The molecular formula is C16H23NO2. The van der Waals surface area contributed by atoms with Gasteiger partial charge in [0.15, 0.2) is 0 Å². The van der Waals surface area contributed by atoms with Crippen molar-refractivity contribution in [1.82, 2.24) is 5.32 Å². The maximum Gasteiger partial charge on any atom is 0.124 e. The normalized spacial score (nSPS) is 33.8. The highest BCUT2D eigenvalue weighted by Gasteiger charge is 2.32. The molecule has 1 aromatic rings. The van der Waals surface area contributed by atoms with Crippen molar-refractivity contribution in [3.05, 3.63) is 29.8 Å². The third kappa shape index (κ3) is 2.63. The lowest BCUT2D eigenvalue weighted by Gasteiger charge is -2.34. The quantitative estimate of drug-likeness (QED) is 0.907. The van der Waals surface area contributed by atoms with Crippen molar-refractivity contribution in [1.29, 1.82) is 0 Å². The van der Waals surface area contributed by atoms with E-state index in [9.17, 15) is 0 Å². The molecular weight excluding hydrogens is 238 g/mol. The van der Waals surface area contributed by atoms with Crippen LogP contribution in [0.3, 0.4) is 0 Å². The van der Waals surface area contributed by atoms with Gasteiger partial charge >= 0.3 is 0 Å². The van der Waals surface area contributed by atoms with Gasteiger partial charge in [0.05, 0.1) is 12.7 Å². The molecule has 1 aromatic carbocycles. The lowest BCUT2D eigenvalue weighted by Crippen LogP contribution is -2.39. The Bertz CT molecular complexity index is 435. The Morgan fingerprint density at radius 3 is 2.89 bits per heavy atom. The van der Waals surface area contributed by atoms with Crippen molar-refractivity contribution in [3.63, 3.8) is 0 Å². The Morgan fingerprint density at radius 1 is 1.26 bits per heavy atom. The molecule has 3 nitrogen and oxygen atoms in total. The molecule has 0 aromatic heterocycles. The number of rotatable bonds is 3. The predicted octanol–water partition coefficient (Wildman–Crippen LogP) is 2.91. The Kier molecular flexibility index (Phi) is 3.76.